The predicted octanol–water partition coefficient (Wildman–Crippen LogP) is 1.31. The second kappa shape index (κ2) is 2.49. The molecule has 0 atom stereocenters. The smallest absolute Gasteiger partial charge is 0.0136 e. The fraction of sp³-hybridized carbons (Fsp3) is 0.857. The van der Waals surface area contributed by atoms with Gasteiger partial charge >= 0.3 is 0 Å². The van der Waals surface area contributed by atoms with Crippen molar-refractivity contribution in [3.05, 3.63) is 5.92 Å². The van der Waals surface area contributed by atoms with Gasteiger partial charge in [0.15, 0.2) is 0 Å². The van der Waals surface area contributed by atoms with Gasteiger partial charge in [0.25, 0.3) is 0 Å². The second-order valence-corrected chi connectivity index (χ2v) is 2.76. The van der Waals surface area contributed by atoms with Crippen molar-refractivity contribution in [2.75, 3.05) is 20.1 Å². The van der Waals surface area contributed by atoms with E-state index >= 15 is 0 Å². The van der Waals surface area contributed by atoms with Crippen LogP contribution in [0.25, 0.3) is 0 Å². The molecule has 1 heteroatoms. The first kappa shape index (κ1) is 6.09. The predicted molar refractivity (Wildman–Crippen MR) is 35.6 cm³/mol. The van der Waals surface area contributed by atoms with Crippen LogP contribution in [0.5, 0.6) is 0 Å². The van der Waals surface area contributed by atoms with Crippen LogP contribution in [0.4, 0.5) is 0 Å². The SMILES string of the molecule is C[C-]1CCN(C)CC1. The van der Waals surface area contributed by atoms with Gasteiger partial charge in [0.05, 0.1) is 0 Å². The van der Waals surface area contributed by atoms with Crippen LogP contribution >= 0.6 is 0 Å². The fourth-order valence-electron chi connectivity index (χ4n) is 1.00. The molecule has 0 spiro atoms. The minimum atomic E-state index is 1.27. The minimum Gasteiger partial charge on any atom is -0.314 e. The molecule has 0 unspecified atom stereocenters. The molecule has 0 bridgehead atoms. The van der Waals surface area contributed by atoms with E-state index in [-0.39, 0.29) is 0 Å². The average Bonchev–Trinajstić information content (AvgIpc) is 1.77. The number of hydrogen-bond acceptors (Lipinski definition) is 1. The largest absolute Gasteiger partial charge is 0.314 e. The van der Waals surface area contributed by atoms with Crippen molar-refractivity contribution in [1.82, 2.24) is 4.90 Å². The van der Waals surface area contributed by atoms with Gasteiger partial charge in [-0.2, -0.15) is 19.8 Å². The zero-order chi connectivity index (χ0) is 5.98. The lowest BCUT2D eigenvalue weighted by molar-refractivity contribution is 0.293. The van der Waals surface area contributed by atoms with Gasteiger partial charge < -0.3 is 10.8 Å². The second-order valence-electron chi connectivity index (χ2n) is 2.76. The lowest BCUT2D eigenvalue weighted by atomic mass is 10.00. The highest BCUT2D eigenvalue weighted by Crippen LogP contribution is 2.15. The number of likely N-dealkylation sites (tertiary alicyclic amines) is 1. The maximum Gasteiger partial charge on any atom is -0.0136 e. The molecule has 0 aromatic rings. The maximum absolute atomic E-state index is 2.38. The van der Waals surface area contributed by atoms with E-state index in [0.29, 0.717) is 0 Å². The van der Waals surface area contributed by atoms with Gasteiger partial charge in [-0.1, -0.05) is 0 Å². The number of piperidine rings is 1. The van der Waals surface area contributed by atoms with Crippen LogP contribution in [0.1, 0.15) is 19.8 Å². The molecule has 0 saturated carbocycles. The van der Waals surface area contributed by atoms with Crippen molar-refractivity contribution in [1.29, 1.82) is 0 Å². The summed E-state index contributed by atoms with van der Waals surface area (Å²) in [5, 5.41) is 0. The van der Waals surface area contributed by atoms with Crippen molar-refractivity contribution < 1.29 is 0 Å². The summed E-state index contributed by atoms with van der Waals surface area (Å²) in [4.78, 5) is 2.38. The Labute approximate surface area is 51.7 Å². The third-order valence-corrected chi connectivity index (χ3v) is 1.84. The Hall–Kier alpha value is -0.0400. The number of nitrogens with zero attached hydrogens (tertiary/aromatic N) is 1. The molecule has 1 aliphatic rings. The van der Waals surface area contributed by atoms with E-state index in [1.807, 2.05) is 0 Å². The van der Waals surface area contributed by atoms with E-state index in [4.69, 9.17) is 0 Å². The number of hydrogen-bond donors (Lipinski definition) is 0. The van der Waals surface area contributed by atoms with Gasteiger partial charge in [-0.3, -0.25) is 0 Å². The molecule has 0 N–H and O–H groups in total. The molecular weight excluding hydrogens is 98.1 g/mol. The Morgan fingerprint density at radius 3 is 2.12 bits per heavy atom. The minimum absolute atomic E-state index is 1.27. The standard InChI is InChI=1S/C7H14N/c1-7-3-5-8(2)6-4-7/h3-6H2,1-2H3/q-1. The van der Waals surface area contributed by atoms with Gasteiger partial charge in [-0.25, -0.2) is 0 Å². The fourth-order valence-corrected chi connectivity index (χ4v) is 1.00. The zero-order valence-corrected chi connectivity index (χ0v) is 5.78. The molecule has 1 heterocycles. The van der Waals surface area contributed by atoms with Crippen LogP contribution in [-0.4, -0.2) is 25.0 Å². The lowest BCUT2D eigenvalue weighted by Gasteiger charge is -2.35. The molecule has 0 radical (unpaired) electrons. The Morgan fingerprint density at radius 1 is 1.25 bits per heavy atom. The van der Waals surface area contributed by atoms with Gasteiger partial charge in [-0.15, -0.1) is 0 Å². The molecule has 1 aliphatic heterocycles. The topological polar surface area (TPSA) is 3.24 Å². The van der Waals surface area contributed by atoms with E-state index in [1.54, 1.807) is 5.92 Å². The molecule has 0 aromatic heterocycles. The summed E-state index contributed by atoms with van der Waals surface area (Å²) in [5.41, 5.74) is 0. The van der Waals surface area contributed by atoms with Crippen LogP contribution in [0, 0.1) is 5.92 Å². The van der Waals surface area contributed by atoms with E-state index in [1.165, 1.54) is 25.9 Å². The molecule has 1 nitrogen and oxygen atoms in total. The molecule has 0 amide bonds. The first-order chi connectivity index (χ1) is 3.79. The molecular formula is C7H14N-. The maximum atomic E-state index is 2.38. The summed E-state index contributed by atoms with van der Waals surface area (Å²) >= 11 is 0. The highest BCUT2D eigenvalue weighted by atomic mass is 15.1. The van der Waals surface area contributed by atoms with Crippen molar-refractivity contribution in [2.45, 2.75) is 19.8 Å². The van der Waals surface area contributed by atoms with Gasteiger partial charge in [0.1, 0.15) is 0 Å². The summed E-state index contributed by atoms with van der Waals surface area (Å²) < 4.78 is 0. The zero-order valence-electron chi connectivity index (χ0n) is 5.78. The van der Waals surface area contributed by atoms with Crippen molar-refractivity contribution in [3.8, 4) is 0 Å². The normalized spacial score (nSPS) is 26.2. The Balaban J connectivity index is 2.19. The summed E-state index contributed by atoms with van der Waals surface area (Å²) in [5.74, 6) is 1.67. The summed E-state index contributed by atoms with van der Waals surface area (Å²) in [6, 6.07) is 0. The van der Waals surface area contributed by atoms with E-state index in [0.717, 1.165) is 0 Å². The molecule has 48 valence electrons. The lowest BCUT2D eigenvalue weighted by Crippen LogP contribution is -2.28. The van der Waals surface area contributed by atoms with E-state index in [2.05, 4.69) is 18.9 Å². The van der Waals surface area contributed by atoms with E-state index < -0.39 is 0 Å². The van der Waals surface area contributed by atoms with Crippen molar-refractivity contribution >= 4 is 0 Å². The van der Waals surface area contributed by atoms with Crippen LogP contribution in [-0.2, 0) is 0 Å². The summed E-state index contributed by atoms with van der Waals surface area (Å²) in [6.45, 7) is 4.80. The summed E-state index contributed by atoms with van der Waals surface area (Å²) in [7, 11) is 2.19. The van der Waals surface area contributed by atoms with E-state index in [9.17, 15) is 0 Å². The number of rotatable bonds is 0. The summed E-state index contributed by atoms with van der Waals surface area (Å²) in [6.07, 6.45) is 2.63. The molecule has 1 fully saturated rings. The van der Waals surface area contributed by atoms with Crippen molar-refractivity contribution in [2.24, 2.45) is 0 Å². The monoisotopic (exact) mass is 112 g/mol. The van der Waals surface area contributed by atoms with Crippen LogP contribution in [0.15, 0.2) is 0 Å². The van der Waals surface area contributed by atoms with Crippen LogP contribution < -0.4 is 0 Å². The highest BCUT2D eigenvalue weighted by Gasteiger charge is 2.00. The third kappa shape index (κ3) is 1.48. The molecule has 0 aromatic carbocycles. The van der Waals surface area contributed by atoms with Crippen molar-refractivity contribution in [3.63, 3.8) is 0 Å². The average molecular weight is 112 g/mol. The Kier molecular flexibility index (Phi) is 1.90. The molecule has 0 aliphatic carbocycles. The first-order valence-corrected chi connectivity index (χ1v) is 3.29. The molecule has 1 rings (SSSR count). The van der Waals surface area contributed by atoms with Gasteiger partial charge in [-0.05, 0) is 20.1 Å². The Morgan fingerprint density at radius 2 is 1.75 bits per heavy atom. The van der Waals surface area contributed by atoms with Gasteiger partial charge in [0.2, 0.25) is 0 Å². The first-order valence-electron chi connectivity index (χ1n) is 3.29. The third-order valence-electron chi connectivity index (χ3n) is 1.84. The molecule has 8 heavy (non-hydrogen) atoms. The molecule has 1 saturated heterocycles. The Bertz CT molecular complexity index is 52.8. The quantitative estimate of drug-likeness (QED) is 0.427. The highest BCUT2D eigenvalue weighted by molar-refractivity contribution is 4.89. The van der Waals surface area contributed by atoms with Crippen LogP contribution in [0.2, 0.25) is 0 Å². The van der Waals surface area contributed by atoms with Crippen LogP contribution in [0.3, 0.4) is 0 Å². The van der Waals surface area contributed by atoms with Gasteiger partial charge in [0, 0.05) is 0 Å².